The van der Waals surface area contributed by atoms with E-state index < -0.39 is 0 Å². The summed E-state index contributed by atoms with van der Waals surface area (Å²) in [5.74, 6) is 0.559. The lowest BCUT2D eigenvalue weighted by atomic mass is 9.93. The van der Waals surface area contributed by atoms with Crippen molar-refractivity contribution in [2.45, 2.75) is 57.0 Å². The highest BCUT2D eigenvalue weighted by atomic mass is 35.5. The van der Waals surface area contributed by atoms with Crippen LogP contribution in [0.15, 0.2) is 42.6 Å². The third kappa shape index (κ3) is 7.49. The molecule has 1 atom stereocenters. The zero-order chi connectivity index (χ0) is 30.6. The number of halogens is 1. The van der Waals surface area contributed by atoms with E-state index in [0.29, 0.717) is 12.0 Å². The molecule has 1 unspecified atom stereocenters. The van der Waals surface area contributed by atoms with Crippen molar-refractivity contribution in [3.8, 4) is 0 Å². The number of amides is 2. The van der Waals surface area contributed by atoms with E-state index in [1.54, 1.807) is 0 Å². The molecule has 3 saturated heterocycles. The molecule has 7 rings (SSSR count). The normalized spacial score (nSPS) is 22.3. The van der Waals surface area contributed by atoms with Crippen LogP contribution in [0.5, 0.6) is 0 Å². The molecule has 3 N–H and O–H groups in total. The quantitative estimate of drug-likeness (QED) is 0.318. The fraction of sp³-hybridized carbons (Fsp3) is 0.600. The number of para-hydroxylation sites is 1. The number of aromatic nitrogens is 2. The molecule has 9 nitrogen and oxygen atoms in total. The topological polar surface area (TPSA) is 82.8 Å². The minimum absolute atomic E-state index is 0.0620. The monoisotopic (exact) mass is 632 g/mol. The number of likely N-dealkylation sites (tertiary alicyclic amines) is 1. The van der Waals surface area contributed by atoms with E-state index in [2.05, 4.69) is 64.7 Å². The Morgan fingerprint density at radius 1 is 0.911 bits per heavy atom. The Morgan fingerprint density at radius 2 is 1.71 bits per heavy atom. The number of fused-ring (bicyclic) bond motifs is 2. The molecule has 3 fully saturated rings. The van der Waals surface area contributed by atoms with Crippen LogP contribution in [0.1, 0.15) is 43.2 Å². The predicted molar refractivity (Wildman–Crippen MR) is 182 cm³/mol. The van der Waals surface area contributed by atoms with Gasteiger partial charge in [0, 0.05) is 75.5 Å². The van der Waals surface area contributed by atoms with Crippen LogP contribution in [0, 0.1) is 5.92 Å². The maximum Gasteiger partial charge on any atom is 0.322 e. The number of rotatable bonds is 9. The van der Waals surface area contributed by atoms with Crippen LogP contribution in [-0.2, 0) is 12.8 Å². The van der Waals surface area contributed by atoms with Gasteiger partial charge in [0.1, 0.15) is 0 Å². The number of piperidine rings is 2. The number of urea groups is 1. The number of benzene rings is 2. The van der Waals surface area contributed by atoms with E-state index in [1.807, 2.05) is 18.3 Å². The number of carbonyl (C=O) groups excluding carboxylic acids is 1. The molecule has 0 bridgehead atoms. The van der Waals surface area contributed by atoms with E-state index in [4.69, 9.17) is 11.6 Å². The molecule has 0 radical (unpaired) electrons. The summed E-state index contributed by atoms with van der Waals surface area (Å²) in [5.41, 5.74) is 4.43. The molecule has 45 heavy (non-hydrogen) atoms. The predicted octanol–water partition coefficient (Wildman–Crippen LogP) is 4.69. The van der Waals surface area contributed by atoms with Gasteiger partial charge in [-0.2, -0.15) is 5.10 Å². The van der Waals surface area contributed by atoms with Gasteiger partial charge in [-0.05, 0) is 99.8 Å². The molecular weight excluding hydrogens is 584 g/mol. The first-order valence-corrected chi connectivity index (χ1v) is 17.6. The third-order valence-corrected chi connectivity index (χ3v) is 11.1. The zero-order valence-electron chi connectivity index (χ0n) is 26.5. The van der Waals surface area contributed by atoms with E-state index in [-0.39, 0.29) is 6.03 Å². The van der Waals surface area contributed by atoms with Crippen LogP contribution in [0.4, 0.5) is 10.5 Å². The maximum atomic E-state index is 13.1. The first-order chi connectivity index (χ1) is 22.1. The standard InChI is InChI=1S/C35H49ClN8O/c36-32-23-27(22-29-24-38-40-34(29)32)21-26(25-42-17-19-43(20-18-42)30-5-11-37-12-6-30)7-13-41-14-9-31(10-15-41)44-16-8-28-3-1-2-4-33(28)39-35(44)45/h1-4,22-24,26,30-31,37H,5-21,25H2,(H,38,40)(H,39,45). The van der Waals surface area contributed by atoms with Crippen molar-refractivity contribution in [1.82, 2.24) is 35.1 Å². The average Bonchev–Trinajstić information content (AvgIpc) is 3.48. The number of anilines is 1. The second-order valence-electron chi connectivity index (χ2n) is 13.7. The second kappa shape index (κ2) is 14.4. The van der Waals surface area contributed by atoms with Crippen LogP contribution in [0.2, 0.25) is 5.02 Å². The molecule has 0 saturated carbocycles. The van der Waals surface area contributed by atoms with E-state index >= 15 is 0 Å². The Kier molecular flexibility index (Phi) is 9.89. The van der Waals surface area contributed by atoms with E-state index in [1.165, 1.54) is 43.5 Å². The molecule has 3 aromatic rings. The summed E-state index contributed by atoms with van der Waals surface area (Å²) < 4.78 is 0. The van der Waals surface area contributed by atoms with Gasteiger partial charge in [-0.25, -0.2) is 4.79 Å². The Labute approximate surface area is 272 Å². The van der Waals surface area contributed by atoms with Gasteiger partial charge in [-0.1, -0.05) is 29.8 Å². The summed E-state index contributed by atoms with van der Waals surface area (Å²) in [6.45, 7) is 12.2. The summed E-state index contributed by atoms with van der Waals surface area (Å²) in [5, 5.41) is 15.8. The number of aromatic amines is 1. The van der Waals surface area contributed by atoms with Crippen LogP contribution < -0.4 is 10.6 Å². The maximum absolute atomic E-state index is 13.1. The van der Waals surface area contributed by atoms with Crippen molar-refractivity contribution in [2.24, 2.45) is 5.92 Å². The first kappa shape index (κ1) is 30.9. The van der Waals surface area contributed by atoms with Gasteiger partial charge < -0.3 is 25.3 Å². The molecule has 2 aromatic carbocycles. The van der Waals surface area contributed by atoms with Gasteiger partial charge >= 0.3 is 6.03 Å². The molecule has 4 aliphatic rings. The lowest BCUT2D eigenvalue weighted by molar-refractivity contribution is 0.0700. The van der Waals surface area contributed by atoms with Gasteiger partial charge in [0.2, 0.25) is 0 Å². The Balaban J connectivity index is 0.946. The minimum Gasteiger partial charge on any atom is -0.321 e. The number of nitrogens with zero attached hydrogens (tertiary/aromatic N) is 5. The van der Waals surface area contributed by atoms with Gasteiger partial charge in [-0.3, -0.25) is 10.00 Å². The highest BCUT2D eigenvalue weighted by Crippen LogP contribution is 2.28. The summed E-state index contributed by atoms with van der Waals surface area (Å²) in [4.78, 5) is 23.3. The first-order valence-electron chi connectivity index (χ1n) is 17.3. The molecule has 4 aliphatic heterocycles. The zero-order valence-corrected chi connectivity index (χ0v) is 27.3. The number of piperazine rings is 1. The van der Waals surface area contributed by atoms with Crippen LogP contribution in [-0.4, -0.2) is 120 Å². The number of H-pyrrole nitrogens is 1. The van der Waals surface area contributed by atoms with Crippen molar-refractivity contribution in [3.63, 3.8) is 0 Å². The minimum atomic E-state index is 0.0620. The molecular formula is C35H49ClN8O. The lowest BCUT2D eigenvalue weighted by Gasteiger charge is -2.42. The molecule has 0 spiro atoms. The van der Waals surface area contributed by atoms with Crippen molar-refractivity contribution < 1.29 is 4.79 Å². The number of nitrogens with one attached hydrogen (secondary N) is 3. The molecule has 5 heterocycles. The van der Waals surface area contributed by atoms with E-state index in [9.17, 15) is 4.79 Å². The van der Waals surface area contributed by atoms with Crippen molar-refractivity contribution >= 4 is 34.2 Å². The average molecular weight is 633 g/mol. The van der Waals surface area contributed by atoms with E-state index in [0.717, 1.165) is 112 Å². The fourth-order valence-corrected chi connectivity index (χ4v) is 8.48. The van der Waals surface area contributed by atoms with Crippen molar-refractivity contribution in [2.75, 3.05) is 77.3 Å². The van der Waals surface area contributed by atoms with Crippen molar-refractivity contribution in [3.05, 3.63) is 58.7 Å². The lowest BCUT2D eigenvalue weighted by Crippen LogP contribution is -2.53. The van der Waals surface area contributed by atoms with Gasteiger partial charge in [0.25, 0.3) is 0 Å². The third-order valence-electron chi connectivity index (χ3n) is 10.8. The van der Waals surface area contributed by atoms with Gasteiger partial charge in [-0.15, -0.1) is 0 Å². The second-order valence-corrected chi connectivity index (χ2v) is 14.1. The molecule has 0 aliphatic carbocycles. The van der Waals surface area contributed by atoms with Crippen molar-refractivity contribution in [1.29, 1.82) is 0 Å². The number of hydrogen-bond acceptors (Lipinski definition) is 6. The van der Waals surface area contributed by atoms with Gasteiger partial charge in [0.15, 0.2) is 0 Å². The fourth-order valence-electron chi connectivity index (χ4n) is 8.19. The van der Waals surface area contributed by atoms with Crippen LogP contribution >= 0.6 is 11.6 Å². The molecule has 10 heteroatoms. The smallest absolute Gasteiger partial charge is 0.321 e. The largest absolute Gasteiger partial charge is 0.322 e. The Bertz CT molecular complexity index is 1420. The van der Waals surface area contributed by atoms with Gasteiger partial charge in [0.05, 0.1) is 16.7 Å². The molecule has 1 aromatic heterocycles. The molecule has 242 valence electrons. The molecule has 2 amide bonds. The summed E-state index contributed by atoms with van der Waals surface area (Å²) in [6.07, 6.45) is 9.64. The SMILES string of the molecule is O=C1Nc2ccccc2CCN1C1CCN(CCC(Cc2cc(Cl)c3[nH]ncc3c2)CN2CCN(C3CCNCC3)CC2)CC1. The number of hydrogen-bond donors (Lipinski definition) is 3. The highest BCUT2D eigenvalue weighted by Gasteiger charge is 2.31. The Morgan fingerprint density at radius 3 is 2.53 bits per heavy atom. The summed E-state index contributed by atoms with van der Waals surface area (Å²) in [6, 6.07) is 13.7. The number of carbonyl (C=O) groups is 1. The Hall–Kier alpha value is -2.69. The highest BCUT2D eigenvalue weighted by molar-refractivity contribution is 6.35. The summed E-state index contributed by atoms with van der Waals surface area (Å²) >= 11 is 6.66. The summed E-state index contributed by atoms with van der Waals surface area (Å²) in [7, 11) is 0. The van der Waals surface area contributed by atoms with Crippen LogP contribution in [0.3, 0.4) is 0 Å². The van der Waals surface area contributed by atoms with Crippen LogP contribution in [0.25, 0.3) is 10.9 Å².